The summed E-state index contributed by atoms with van der Waals surface area (Å²) in [6, 6.07) is 0. The molecule has 0 spiro atoms. The molecule has 196 valence electrons. The fourth-order valence-electron chi connectivity index (χ4n) is 3.01. The lowest BCUT2D eigenvalue weighted by atomic mass is 9.98. The number of carbonyl (C=O) groups is 1. The van der Waals surface area contributed by atoms with E-state index in [-0.39, 0.29) is 0 Å². The van der Waals surface area contributed by atoms with Crippen molar-refractivity contribution in [3.05, 3.63) is 0 Å². The average Bonchev–Trinajstić information content (AvgIpc) is 2.67. The number of aliphatic hydroxyl groups is 7. The van der Waals surface area contributed by atoms with Crippen LogP contribution in [0.4, 0.5) is 0 Å². The predicted molar refractivity (Wildman–Crippen MR) is 110 cm³/mol. The minimum atomic E-state index is -1.69. The molecule has 0 amide bonds. The van der Waals surface area contributed by atoms with Crippen LogP contribution in [0.3, 0.4) is 0 Å². The van der Waals surface area contributed by atoms with Gasteiger partial charge in [0.1, 0.15) is 42.7 Å². The molecule has 33 heavy (non-hydrogen) atoms. The Morgan fingerprint density at radius 3 is 1.45 bits per heavy atom. The second kappa shape index (κ2) is 11.6. The van der Waals surface area contributed by atoms with Crippen LogP contribution in [0.5, 0.6) is 0 Å². The molecule has 0 aromatic heterocycles. The van der Waals surface area contributed by atoms with Gasteiger partial charge in [-0.3, -0.25) is 0 Å². The molecule has 0 aromatic carbocycles. The molecule has 0 bridgehead atoms. The Labute approximate surface area is 192 Å². The van der Waals surface area contributed by atoms with Gasteiger partial charge in [0.05, 0.1) is 17.8 Å². The van der Waals surface area contributed by atoms with Gasteiger partial charge >= 0.3 is 5.97 Å². The molecule has 0 radical (unpaired) electrons. The molecule has 2 fully saturated rings. The Morgan fingerprint density at radius 1 is 0.697 bits per heavy atom. The lowest BCUT2D eigenvalue weighted by molar-refractivity contribution is -0.320. The summed E-state index contributed by atoms with van der Waals surface area (Å²) in [5, 5.41) is 75.0. The first kappa shape index (κ1) is 30.1. The minimum Gasteiger partial charge on any atom is -0.479 e. The normalized spacial score (nSPS) is 40.0. The molecule has 2 heterocycles. The van der Waals surface area contributed by atoms with E-state index >= 15 is 0 Å². The van der Waals surface area contributed by atoms with E-state index < -0.39 is 85.2 Å². The number of carboxylic acid groups (broad SMARTS) is 1. The lowest BCUT2D eigenvalue weighted by Gasteiger charge is -2.41. The van der Waals surface area contributed by atoms with E-state index in [1.165, 1.54) is 0 Å². The topological polar surface area (TPSA) is 216 Å². The zero-order valence-electron chi connectivity index (χ0n) is 19.6. The number of aliphatic hydroxyl groups excluding tert-OH is 7. The summed E-state index contributed by atoms with van der Waals surface area (Å²) >= 11 is 0. The number of aliphatic carboxylic acids is 1. The summed E-state index contributed by atoms with van der Waals surface area (Å²) in [7, 11) is 0. The highest BCUT2D eigenvalue weighted by Crippen LogP contribution is 2.26. The number of carboxylic acids is 1. The van der Waals surface area contributed by atoms with Crippen molar-refractivity contribution in [1.29, 1.82) is 0 Å². The van der Waals surface area contributed by atoms with E-state index in [4.69, 9.17) is 29.2 Å². The van der Waals surface area contributed by atoms with Crippen LogP contribution in [-0.2, 0) is 23.7 Å². The highest BCUT2D eigenvalue weighted by Gasteiger charge is 2.48. The van der Waals surface area contributed by atoms with Crippen LogP contribution in [0, 0.1) is 0 Å². The van der Waals surface area contributed by atoms with Crippen LogP contribution >= 0.6 is 0 Å². The van der Waals surface area contributed by atoms with Crippen molar-refractivity contribution in [1.82, 2.24) is 0 Å². The third-order valence-corrected chi connectivity index (χ3v) is 4.60. The van der Waals surface area contributed by atoms with Gasteiger partial charge < -0.3 is 59.8 Å². The molecule has 0 unspecified atom stereocenters. The predicted octanol–water partition coefficient (Wildman–Crippen LogP) is -2.70. The van der Waals surface area contributed by atoms with Crippen molar-refractivity contribution >= 4 is 5.97 Å². The van der Waals surface area contributed by atoms with Gasteiger partial charge in [-0.05, 0) is 41.5 Å². The number of hydrogen-bond donors (Lipinski definition) is 8. The lowest BCUT2D eigenvalue weighted by Crippen LogP contribution is -2.61. The van der Waals surface area contributed by atoms with Crippen molar-refractivity contribution in [2.75, 3.05) is 6.61 Å². The van der Waals surface area contributed by atoms with Gasteiger partial charge in [-0.25, -0.2) is 4.79 Å². The second-order valence-electron chi connectivity index (χ2n) is 9.89. The smallest absolute Gasteiger partial charge is 0.335 e. The molecule has 13 heteroatoms. The third-order valence-electron chi connectivity index (χ3n) is 4.60. The molecular formula is C20H38O13. The van der Waals surface area contributed by atoms with E-state index in [1.54, 1.807) is 41.5 Å². The first-order valence-corrected chi connectivity index (χ1v) is 10.5. The summed E-state index contributed by atoms with van der Waals surface area (Å²) in [4.78, 5) is 10.8. The Hall–Kier alpha value is -0.970. The van der Waals surface area contributed by atoms with Gasteiger partial charge in [-0.2, -0.15) is 0 Å². The van der Waals surface area contributed by atoms with E-state index in [2.05, 4.69) is 0 Å². The number of ether oxygens (including phenoxy) is 4. The van der Waals surface area contributed by atoms with Gasteiger partial charge in [0, 0.05) is 0 Å². The fraction of sp³-hybridized carbons (Fsp3) is 0.950. The molecule has 2 saturated heterocycles. The highest BCUT2D eigenvalue weighted by molar-refractivity contribution is 5.73. The van der Waals surface area contributed by atoms with Gasteiger partial charge in [0.25, 0.3) is 0 Å². The molecule has 0 aromatic rings. The van der Waals surface area contributed by atoms with Gasteiger partial charge in [-0.15, -0.1) is 0 Å². The van der Waals surface area contributed by atoms with Crippen molar-refractivity contribution < 1.29 is 64.6 Å². The molecule has 8 N–H and O–H groups in total. The van der Waals surface area contributed by atoms with Gasteiger partial charge in [0.2, 0.25) is 0 Å². The Bertz CT molecular complexity index is 614. The molecule has 0 saturated carbocycles. The molecular weight excluding hydrogens is 448 g/mol. The van der Waals surface area contributed by atoms with Crippen LogP contribution < -0.4 is 0 Å². The summed E-state index contributed by atoms with van der Waals surface area (Å²) < 4.78 is 20.8. The van der Waals surface area contributed by atoms with Crippen molar-refractivity contribution in [2.45, 2.75) is 114 Å². The van der Waals surface area contributed by atoms with E-state index in [9.17, 15) is 35.4 Å². The van der Waals surface area contributed by atoms with E-state index in [1.807, 2.05) is 0 Å². The van der Waals surface area contributed by atoms with Crippen LogP contribution in [0.1, 0.15) is 41.5 Å². The largest absolute Gasteiger partial charge is 0.479 e. The SMILES string of the molecule is CC(C)(C)O[C@@H]1O[C@H](C(=O)O)[C@@H](O)[C@H](O)[C@H]1O.CC(C)(C)O[C@@H]1O[C@H](CO)[C@@H](O)[C@H](O)[C@H]1O. The van der Waals surface area contributed by atoms with Crippen LogP contribution in [0.2, 0.25) is 0 Å². The summed E-state index contributed by atoms with van der Waals surface area (Å²) in [5.41, 5.74) is -1.25. The first-order valence-electron chi connectivity index (χ1n) is 10.5. The van der Waals surface area contributed by atoms with Gasteiger partial charge in [0.15, 0.2) is 18.7 Å². The van der Waals surface area contributed by atoms with Crippen molar-refractivity contribution in [2.24, 2.45) is 0 Å². The highest BCUT2D eigenvalue weighted by atomic mass is 16.7. The Kier molecular flexibility index (Phi) is 10.6. The maximum atomic E-state index is 10.8. The fourth-order valence-corrected chi connectivity index (χ4v) is 3.01. The monoisotopic (exact) mass is 486 g/mol. The molecule has 13 nitrogen and oxygen atoms in total. The summed E-state index contributed by atoms with van der Waals surface area (Å²) in [6.45, 7) is 9.94. The molecule has 2 aliphatic heterocycles. The summed E-state index contributed by atoms with van der Waals surface area (Å²) in [5.74, 6) is -1.43. The minimum absolute atomic E-state index is 0.449. The maximum absolute atomic E-state index is 10.8. The number of rotatable bonds is 4. The Morgan fingerprint density at radius 2 is 1.09 bits per heavy atom. The first-order chi connectivity index (χ1) is 14.9. The van der Waals surface area contributed by atoms with E-state index in [0.717, 1.165) is 0 Å². The number of hydrogen-bond acceptors (Lipinski definition) is 12. The standard InChI is InChI=1S/C10H18O7.C10H20O6/c1-10(2,3)17-9-6(13)4(11)5(12)7(16-9)8(14)15;1-10(2,3)16-9-8(14)7(13)6(12)5(4-11)15-9/h4-7,9,11-13H,1-3H3,(H,14,15);5-9,11-14H,4H2,1-3H3/t4-,5-,6+,7-,9-;5-,6-,7+,8-,9+/m01/s1. The quantitative estimate of drug-likeness (QED) is 0.203. The third kappa shape index (κ3) is 8.64. The molecule has 0 aliphatic carbocycles. The zero-order valence-corrected chi connectivity index (χ0v) is 19.6. The average molecular weight is 487 g/mol. The molecule has 10 atom stereocenters. The van der Waals surface area contributed by atoms with E-state index in [0.29, 0.717) is 0 Å². The molecule has 2 aliphatic rings. The van der Waals surface area contributed by atoms with Crippen LogP contribution in [-0.4, -0.2) is 126 Å². The van der Waals surface area contributed by atoms with Crippen LogP contribution in [0.15, 0.2) is 0 Å². The van der Waals surface area contributed by atoms with Crippen molar-refractivity contribution in [3.8, 4) is 0 Å². The van der Waals surface area contributed by atoms with Crippen molar-refractivity contribution in [3.63, 3.8) is 0 Å². The van der Waals surface area contributed by atoms with Gasteiger partial charge in [-0.1, -0.05) is 0 Å². The summed E-state index contributed by atoms with van der Waals surface area (Å²) in [6.07, 6.45) is -13.8. The molecule has 2 rings (SSSR count). The maximum Gasteiger partial charge on any atom is 0.335 e. The van der Waals surface area contributed by atoms with Crippen LogP contribution in [0.25, 0.3) is 0 Å². The zero-order chi connectivity index (χ0) is 25.9. The Balaban J connectivity index is 0.000000331. The second-order valence-corrected chi connectivity index (χ2v) is 9.89.